The summed E-state index contributed by atoms with van der Waals surface area (Å²) in [6, 6.07) is 17.0. The van der Waals surface area contributed by atoms with Gasteiger partial charge < -0.3 is 25.4 Å². The van der Waals surface area contributed by atoms with Crippen molar-refractivity contribution in [2.24, 2.45) is 5.73 Å². The number of rotatable bonds is 11. The summed E-state index contributed by atoms with van der Waals surface area (Å²) in [5, 5.41) is 2.39. The summed E-state index contributed by atoms with van der Waals surface area (Å²) in [6.07, 6.45) is -4.98. The van der Waals surface area contributed by atoms with Gasteiger partial charge in [0.2, 0.25) is 5.91 Å². The summed E-state index contributed by atoms with van der Waals surface area (Å²) in [6.45, 7) is -0.858. The van der Waals surface area contributed by atoms with Gasteiger partial charge >= 0.3 is 12.1 Å². The average molecular weight is 570 g/mol. The number of amides is 3. The molecule has 0 spiro atoms. The van der Waals surface area contributed by atoms with Crippen molar-refractivity contribution in [3.8, 4) is 5.75 Å². The molecular formula is C29H26F3N3O6. The van der Waals surface area contributed by atoms with Crippen molar-refractivity contribution in [3.63, 3.8) is 0 Å². The fourth-order valence-corrected chi connectivity index (χ4v) is 4.33. The van der Waals surface area contributed by atoms with E-state index in [0.29, 0.717) is 5.56 Å². The van der Waals surface area contributed by atoms with Gasteiger partial charge in [0.25, 0.3) is 11.8 Å². The summed E-state index contributed by atoms with van der Waals surface area (Å²) < 4.78 is 50.1. The van der Waals surface area contributed by atoms with Crippen LogP contribution in [0.5, 0.6) is 5.75 Å². The van der Waals surface area contributed by atoms with Crippen molar-refractivity contribution in [1.29, 1.82) is 0 Å². The summed E-state index contributed by atoms with van der Waals surface area (Å²) >= 11 is 0. The monoisotopic (exact) mass is 569 g/mol. The molecule has 3 N–H and O–H groups in total. The van der Waals surface area contributed by atoms with Gasteiger partial charge in [-0.1, -0.05) is 48.5 Å². The number of hydrogen-bond donors (Lipinski definition) is 2. The molecule has 0 fully saturated rings. The zero-order chi connectivity index (χ0) is 29.6. The lowest BCUT2D eigenvalue weighted by molar-refractivity contribution is -0.148. The molecule has 0 saturated heterocycles. The number of nitrogens with zero attached hydrogens (tertiary/aromatic N) is 1. The number of esters is 1. The quantitative estimate of drug-likeness (QED) is 0.341. The molecule has 0 aliphatic carbocycles. The molecule has 3 aromatic carbocycles. The number of nitrogens with two attached hydrogens (primary N) is 1. The maximum Gasteiger partial charge on any atom is 0.416 e. The number of alkyl halides is 3. The van der Waals surface area contributed by atoms with Crippen molar-refractivity contribution in [2.45, 2.75) is 38.3 Å². The molecule has 1 aliphatic heterocycles. The second-order valence-electron chi connectivity index (χ2n) is 9.24. The van der Waals surface area contributed by atoms with Crippen LogP contribution in [-0.4, -0.2) is 41.2 Å². The Labute approximate surface area is 233 Å². The summed E-state index contributed by atoms with van der Waals surface area (Å²) in [5.74, 6) is -2.50. The topological polar surface area (TPSA) is 128 Å². The highest BCUT2D eigenvalue weighted by atomic mass is 19.4. The first-order valence-corrected chi connectivity index (χ1v) is 12.5. The molecule has 1 aliphatic rings. The van der Waals surface area contributed by atoms with Crippen molar-refractivity contribution < 1.29 is 41.8 Å². The summed E-state index contributed by atoms with van der Waals surface area (Å²) in [7, 11) is 0. The number of hydrogen-bond acceptors (Lipinski definition) is 6. The van der Waals surface area contributed by atoms with E-state index in [2.05, 4.69) is 5.32 Å². The molecule has 1 unspecified atom stereocenters. The second kappa shape index (κ2) is 12.5. The van der Waals surface area contributed by atoms with E-state index in [9.17, 15) is 32.3 Å². The van der Waals surface area contributed by atoms with E-state index < -0.39 is 54.5 Å². The average Bonchev–Trinajstić information content (AvgIpc) is 3.27. The molecule has 3 amide bonds. The van der Waals surface area contributed by atoms with Gasteiger partial charge in [0, 0.05) is 18.7 Å². The lowest BCUT2D eigenvalue weighted by Gasteiger charge is -2.24. The number of carbonyl (C=O) groups is 4. The van der Waals surface area contributed by atoms with Crippen molar-refractivity contribution in [2.75, 3.05) is 6.61 Å². The molecule has 41 heavy (non-hydrogen) atoms. The Bertz CT molecular complexity index is 1450. The standard InChI is InChI=1S/C29H26F3N3O6/c30-29(31,32)23-9-5-4-8-19(23)14-34-25(36)17-40-21-10-11-22-20(12-21)15-35(28(22)39)24(27(33)38)13-26(37)41-16-18-6-2-1-3-7-18/h1-12,24H,13-17H2,(H2,33,38)(H,34,36). The lowest BCUT2D eigenvalue weighted by Crippen LogP contribution is -2.46. The lowest BCUT2D eigenvalue weighted by atomic mass is 10.1. The van der Waals surface area contributed by atoms with E-state index in [0.717, 1.165) is 11.6 Å². The van der Waals surface area contributed by atoms with Crippen LogP contribution in [0.2, 0.25) is 0 Å². The predicted octanol–water partition coefficient (Wildman–Crippen LogP) is 3.34. The Hall–Kier alpha value is -4.87. The van der Waals surface area contributed by atoms with Gasteiger partial charge in [-0.3, -0.25) is 19.2 Å². The Kier molecular flexibility index (Phi) is 8.91. The summed E-state index contributed by atoms with van der Waals surface area (Å²) in [5.41, 5.74) is 6.10. The minimum Gasteiger partial charge on any atom is -0.484 e. The van der Waals surface area contributed by atoms with E-state index in [1.807, 2.05) is 6.07 Å². The first-order valence-electron chi connectivity index (χ1n) is 12.5. The largest absolute Gasteiger partial charge is 0.484 e. The van der Waals surface area contributed by atoms with Gasteiger partial charge in [-0.25, -0.2) is 0 Å². The SMILES string of the molecule is NC(=O)C(CC(=O)OCc1ccccc1)N1Cc2cc(OCC(=O)NCc3ccccc3C(F)(F)F)ccc2C1=O. The number of primary amides is 1. The third kappa shape index (κ3) is 7.41. The maximum absolute atomic E-state index is 13.1. The van der Waals surface area contributed by atoms with Gasteiger partial charge in [-0.05, 0) is 41.0 Å². The van der Waals surface area contributed by atoms with Crippen LogP contribution in [0.15, 0.2) is 72.8 Å². The zero-order valence-corrected chi connectivity index (χ0v) is 21.6. The minimum atomic E-state index is -4.55. The number of nitrogens with one attached hydrogen (secondary N) is 1. The van der Waals surface area contributed by atoms with Crippen molar-refractivity contribution in [3.05, 3.63) is 101 Å². The molecule has 1 heterocycles. The number of halogens is 3. The fourth-order valence-electron chi connectivity index (χ4n) is 4.33. The van der Waals surface area contributed by atoms with E-state index >= 15 is 0 Å². The number of carbonyl (C=O) groups excluding carboxylic acids is 4. The van der Waals surface area contributed by atoms with Gasteiger partial charge in [0.1, 0.15) is 18.4 Å². The molecule has 12 heteroatoms. The highest BCUT2D eigenvalue weighted by Gasteiger charge is 2.37. The van der Waals surface area contributed by atoms with Crippen LogP contribution >= 0.6 is 0 Å². The third-order valence-electron chi connectivity index (χ3n) is 6.38. The smallest absolute Gasteiger partial charge is 0.416 e. The van der Waals surface area contributed by atoms with Crippen molar-refractivity contribution >= 4 is 23.7 Å². The second-order valence-corrected chi connectivity index (χ2v) is 9.24. The Morgan fingerprint density at radius 2 is 1.71 bits per heavy atom. The predicted molar refractivity (Wildman–Crippen MR) is 139 cm³/mol. The Morgan fingerprint density at radius 3 is 2.41 bits per heavy atom. The first kappa shape index (κ1) is 29.1. The highest BCUT2D eigenvalue weighted by Crippen LogP contribution is 2.32. The van der Waals surface area contributed by atoms with Crippen LogP contribution < -0.4 is 15.8 Å². The molecular weight excluding hydrogens is 543 g/mol. The first-order chi connectivity index (χ1) is 19.5. The van der Waals surface area contributed by atoms with Crippen molar-refractivity contribution in [1.82, 2.24) is 10.2 Å². The Morgan fingerprint density at radius 1 is 1.00 bits per heavy atom. The molecule has 1 atom stereocenters. The van der Waals surface area contributed by atoms with Gasteiger partial charge in [0.05, 0.1) is 12.0 Å². The van der Waals surface area contributed by atoms with E-state index in [1.165, 1.54) is 41.3 Å². The molecule has 3 aromatic rings. The van der Waals surface area contributed by atoms with Gasteiger partial charge in [-0.2, -0.15) is 13.2 Å². The van der Waals surface area contributed by atoms with Crippen LogP contribution in [0.1, 0.15) is 39.0 Å². The van der Waals surface area contributed by atoms with E-state index in [4.69, 9.17) is 15.2 Å². The molecule has 0 saturated carbocycles. The van der Waals surface area contributed by atoms with Gasteiger partial charge in [0.15, 0.2) is 6.61 Å². The van der Waals surface area contributed by atoms with E-state index in [-0.39, 0.29) is 36.6 Å². The maximum atomic E-state index is 13.1. The molecule has 214 valence electrons. The van der Waals surface area contributed by atoms with Crippen LogP contribution in [0, 0.1) is 0 Å². The van der Waals surface area contributed by atoms with Crippen LogP contribution in [0.4, 0.5) is 13.2 Å². The van der Waals surface area contributed by atoms with Crippen LogP contribution in [0.3, 0.4) is 0 Å². The highest BCUT2D eigenvalue weighted by molar-refractivity contribution is 6.01. The van der Waals surface area contributed by atoms with Crippen LogP contribution in [0.25, 0.3) is 0 Å². The number of ether oxygens (including phenoxy) is 2. The zero-order valence-electron chi connectivity index (χ0n) is 21.6. The number of fused-ring (bicyclic) bond motifs is 1. The van der Waals surface area contributed by atoms with E-state index in [1.54, 1.807) is 24.3 Å². The summed E-state index contributed by atoms with van der Waals surface area (Å²) in [4.78, 5) is 50.9. The molecule has 0 bridgehead atoms. The molecule has 9 nitrogen and oxygen atoms in total. The molecule has 0 radical (unpaired) electrons. The third-order valence-corrected chi connectivity index (χ3v) is 6.38. The normalized spacial score (nSPS) is 13.3. The minimum absolute atomic E-state index is 0.00242. The van der Waals surface area contributed by atoms with Crippen LogP contribution in [-0.2, 0) is 45.0 Å². The Balaban J connectivity index is 1.32. The fraction of sp³-hybridized carbons (Fsp3) is 0.241. The van der Waals surface area contributed by atoms with Gasteiger partial charge in [-0.15, -0.1) is 0 Å². The molecule has 4 rings (SSSR count). The number of benzene rings is 3. The molecule has 0 aromatic heterocycles.